The smallest absolute Gasteiger partial charge is 0.207 e. The molecule has 0 saturated heterocycles. The Bertz CT molecular complexity index is 810. The number of rotatable bonds is 1. The molecular formula is C14H11N5. The molecular weight excluding hydrogens is 238 g/mol. The zero-order chi connectivity index (χ0) is 13.4. The first-order valence-electron chi connectivity index (χ1n) is 5.81. The lowest BCUT2D eigenvalue weighted by molar-refractivity contribution is 1.07. The summed E-state index contributed by atoms with van der Waals surface area (Å²) in [5.74, 6) is 0.329. The Kier molecular flexibility index (Phi) is 2.43. The molecule has 0 amide bonds. The van der Waals surface area contributed by atoms with Gasteiger partial charge in [0.25, 0.3) is 0 Å². The van der Waals surface area contributed by atoms with Gasteiger partial charge in [0.1, 0.15) is 11.6 Å². The number of nitrogens with zero attached hydrogens (tertiary/aromatic N) is 4. The number of fused-ring (bicyclic) bond motifs is 1. The Morgan fingerprint density at radius 2 is 2.11 bits per heavy atom. The molecule has 92 valence electrons. The summed E-state index contributed by atoms with van der Waals surface area (Å²) in [6, 6.07) is 11.3. The van der Waals surface area contributed by atoms with Gasteiger partial charge < -0.3 is 5.73 Å². The van der Waals surface area contributed by atoms with Crippen molar-refractivity contribution in [2.24, 2.45) is 0 Å². The van der Waals surface area contributed by atoms with E-state index in [1.807, 2.05) is 31.2 Å². The molecule has 0 bridgehead atoms. The number of hydrogen-bond acceptors (Lipinski definition) is 4. The third kappa shape index (κ3) is 1.70. The molecule has 0 radical (unpaired) electrons. The average molecular weight is 249 g/mol. The lowest BCUT2D eigenvalue weighted by Gasteiger charge is -2.07. The van der Waals surface area contributed by atoms with Crippen LogP contribution >= 0.6 is 0 Å². The molecule has 0 aliphatic carbocycles. The van der Waals surface area contributed by atoms with E-state index in [1.165, 1.54) is 0 Å². The van der Waals surface area contributed by atoms with Crippen LogP contribution in [0.5, 0.6) is 0 Å². The van der Waals surface area contributed by atoms with Crippen LogP contribution in [-0.4, -0.2) is 14.5 Å². The second kappa shape index (κ2) is 4.10. The number of benzene rings is 1. The molecule has 5 nitrogen and oxygen atoms in total. The number of hydrogen-bond donors (Lipinski definition) is 1. The zero-order valence-electron chi connectivity index (χ0n) is 10.3. The number of pyridine rings is 1. The molecule has 1 aromatic carbocycles. The molecule has 5 heteroatoms. The predicted molar refractivity (Wildman–Crippen MR) is 72.7 cm³/mol. The van der Waals surface area contributed by atoms with Crippen LogP contribution in [0, 0.1) is 18.3 Å². The number of nitrogen functional groups attached to an aromatic ring is 1. The van der Waals surface area contributed by atoms with Crippen molar-refractivity contribution in [2.75, 3.05) is 5.73 Å². The predicted octanol–water partition coefficient (Wildman–Crippen LogP) is 2.18. The normalized spacial score (nSPS) is 10.5. The summed E-state index contributed by atoms with van der Waals surface area (Å²) >= 11 is 0. The Morgan fingerprint density at radius 1 is 1.32 bits per heavy atom. The van der Waals surface area contributed by atoms with Crippen LogP contribution in [0.1, 0.15) is 11.1 Å². The van der Waals surface area contributed by atoms with Gasteiger partial charge in [-0.25, -0.2) is 9.97 Å². The van der Waals surface area contributed by atoms with E-state index < -0.39 is 0 Å². The molecule has 0 spiro atoms. The topological polar surface area (TPSA) is 80.5 Å². The van der Waals surface area contributed by atoms with Crippen molar-refractivity contribution in [1.82, 2.24) is 14.5 Å². The third-order valence-corrected chi connectivity index (χ3v) is 2.93. The van der Waals surface area contributed by atoms with Crippen LogP contribution in [0.2, 0.25) is 0 Å². The van der Waals surface area contributed by atoms with Crippen LogP contribution in [-0.2, 0) is 0 Å². The summed E-state index contributed by atoms with van der Waals surface area (Å²) in [7, 11) is 0. The largest absolute Gasteiger partial charge is 0.369 e. The van der Waals surface area contributed by atoms with Gasteiger partial charge in [-0.15, -0.1) is 0 Å². The van der Waals surface area contributed by atoms with Gasteiger partial charge in [-0.1, -0.05) is 12.1 Å². The second-order valence-electron chi connectivity index (χ2n) is 4.29. The zero-order valence-corrected chi connectivity index (χ0v) is 10.3. The number of aromatic nitrogens is 3. The Labute approximate surface area is 109 Å². The minimum Gasteiger partial charge on any atom is -0.369 e. The van der Waals surface area contributed by atoms with Gasteiger partial charge >= 0.3 is 0 Å². The molecule has 0 aliphatic heterocycles. The molecule has 0 aliphatic rings. The van der Waals surface area contributed by atoms with Crippen LogP contribution in [0.4, 0.5) is 5.95 Å². The quantitative estimate of drug-likeness (QED) is 0.716. The van der Waals surface area contributed by atoms with Gasteiger partial charge in [0.15, 0.2) is 5.65 Å². The number of aryl methyl sites for hydroxylation is 1. The average Bonchev–Trinajstić information content (AvgIpc) is 2.73. The highest BCUT2D eigenvalue weighted by molar-refractivity contribution is 5.78. The first kappa shape index (κ1) is 11.2. The summed E-state index contributed by atoms with van der Waals surface area (Å²) < 4.78 is 1.70. The minimum atomic E-state index is 0.329. The Morgan fingerprint density at radius 3 is 2.89 bits per heavy atom. The molecule has 3 aromatic rings. The van der Waals surface area contributed by atoms with Gasteiger partial charge in [-0.2, -0.15) is 5.26 Å². The molecule has 0 fully saturated rings. The Balaban J connectivity index is 2.37. The highest BCUT2D eigenvalue weighted by atomic mass is 15.2. The summed E-state index contributed by atoms with van der Waals surface area (Å²) in [5.41, 5.74) is 9.60. The summed E-state index contributed by atoms with van der Waals surface area (Å²) in [5, 5.41) is 9.18. The highest BCUT2D eigenvalue weighted by Crippen LogP contribution is 2.24. The molecule has 19 heavy (non-hydrogen) atoms. The highest BCUT2D eigenvalue weighted by Gasteiger charge is 2.13. The fourth-order valence-corrected chi connectivity index (χ4v) is 2.08. The molecule has 2 N–H and O–H groups in total. The fraction of sp³-hybridized carbons (Fsp3) is 0.0714. The van der Waals surface area contributed by atoms with Crippen LogP contribution < -0.4 is 5.73 Å². The summed E-state index contributed by atoms with van der Waals surface area (Å²) in [6.45, 7) is 1.95. The standard InChI is InChI=1S/C14H11N5/c1-9-6-11-13(17-8-9)19(14(16)18-11)12-5-3-2-4-10(12)7-15/h2-6,8H,1H3,(H2,16,18). The van der Waals surface area contributed by atoms with Crippen molar-refractivity contribution in [3.63, 3.8) is 0 Å². The lowest BCUT2D eigenvalue weighted by atomic mass is 10.2. The monoisotopic (exact) mass is 249 g/mol. The van der Waals surface area contributed by atoms with Crippen molar-refractivity contribution in [1.29, 1.82) is 5.26 Å². The number of imidazole rings is 1. The number of nitrogens with two attached hydrogens (primary N) is 1. The van der Waals surface area contributed by atoms with E-state index in [0.29, 0.717) is 22.8 Å². The maximum Gasteiger partial charge on any atom is 0.207 e. The van der Waals surface area contributed by atoms with Crippen LogP contribution in [0.15, 0.2) is 36.5 Å². The van der Waals surface area contributed by atoms with E-state index >= 15 is 0 Å². The van der Waals surface area contributed by atoms with Gasteiger partial charge in [0.05, 0.1) is 11.3 Å². The van der Waals surface area contributed by atoms with Crippen molar-refractivity contribution in [3.8, 4) is 11.8 Å². The summed E-state index contributed by atoms with van der Waals surface area (Å²) in [6.07, 6.45) is 1.76. The second-order valence-corrected chi connectivity index (χ2v) is 4.29. The summed E-state index contributed by atoms with van der Waals surface area (Å²) in [4.78, 5) is 8.66. The molecule has 2 heterocycles. The minimum absolute atomic E-state index is 0.329. The number of para-hydroxylation sites is 1. The number of nitriles is 1. The first-order valence-corrected chi connectivity index (χ1v) is 5.81. The molecule has 0 unspecified atom stereocenters. The van der Waals surface area contributed by atoms with E-state index in [9.17, 15) is 5.26 Å². The van der Waals surface area contributed by atoms with Gasteiger partial charge in [-0.05, 0) is 30.7 Å². The lowest BCUT2D eigenvalue weighted by Crippen LogP contribution is -2.03. The van der Waals surface area contributed by atoms with Crippen molar-refractivity contribution >= 4 is 17.1 Å². The molecule has 3 rings (SSSR count). The van der Waals surface area contributed by atoms with E-state index in [4.69, 9.17) is 5.73 Å². The van der Waals surface area contributed by atoms with Gasteiger partial charge in [0, 0.05) is 6.20 Å². The maximum atomic E-state index is 9.18. The Hall–Kier alpha value is -2.87. The van der Waals surface area contributed by atoms with Crippen molar-refractivity contribution in [2.45, 2.75) is 6.92 Å². The van der Waals surface area contributed by atoms with E-state index in [0.717, 1.165) is 11.1 Å². The third-order valence-electron chi connectivity index (χ3n) is 2.93. The van der Waals surface area contributed by atoms with Crippen molar-refractivity contribution in [3.05, 3.63) is 47.7 Å². The molecule has 0 atom stereocenters. The van der Waals surface area contributed by atoms with E-state index in [1.54, 1.807) is 16.8 Å². The first-order chi connectivity index (χ1) is 9.20. The number of anilines is 1. The maximum absolute atomic E-state index is 9.18. The molecule has 0 saturated carbocycles. The van der Waals surface area contributed by atoms with Crippen LogP contribution in [0.25, 0.3) is 16.9 Å². The SMILES string of the molecule is Cc1cnc2c(c1)nc(N)n2-c1ccccc1C#N. The van der Waals surface area contributed by atoms with Gasteiger partial charge in [0.2, 0.25) is 5.95 Å². The van der Waals surface area contributed by atoms with Crippen molar-refractivity contribution < 1.29 is 0 Å². The van der Waals surface area contributed by atoms with Gasteiger partial charge in [-0.3, -0.25) is 4.57 Å². The van der Waals surface area contributed by atoms with E-state index in [2.05, 4.69) is 16.0 Å². The van der Waals surface area contributed by atoms with Crippen LogP contribution in [0.3, 0.4) is 0 Å². The fourth-order valence-electron chi connectivity index (χ4n) is 2.08. The molecule has 2 aromatic heterocycles. The van der Waals surface area contributed by atoms with E-state index in [-0.39, 0.29) is 0 Å².